The van der Waals surface area contributed by atoms with Crippen LogP contribution < -0.4 is 5.32 Å². The Labute approximate surface area is 102 Å². The molecule has 1 aromatic carbocycles. The number of piperazine rings is 1. The van der Waals surface area contributed by atoms with Gasteiger partial charge in [0.1, 0.15) is 6.61 Å². The summed E-state index contributed by atoms with van der Waals surface area (Å²) in [5.74, 6) is -0.157. The molecule has 0 amide bonds. The van der Waals surface area contributed by atoms with Gasteiger partial charge in [-0.05, 0) is 5.56 Å². The van der Waals surface area contributed by atoms with Crippen LogP contribution in [0.3, 0.4) is 0 Å². The van der Waals surface area contributed by atoms with E-state index >= 15 is 0 Å². The fraction of sp³-hybridized carbons (Fsp3) is 0.462. The maximum atomic E-state index is 11.6. The number of hydrogen-bond donors (Lipinski definition) is 0. The number of carbonyl (C=O) groups is 1. The highest BCUT2D eigenvalue weighted by atomic mass is 16.5. The van der Waals surface area contributed by atoms with Gasteiger partial charge in [-0.25, -0.2) is 5.32 Å². The highest BCUT2D eigenvalue weighted by Gasteiger charge is 2.14. The van der Waals surface area contributed by atoms with Crippen molar-refractivity contribution in [1.82, 2.24) is 10.2 Å². The van der Waals surface area contributed by atoms with Crippen molar-refractivity contribution in [2.75, 3.05) is 32.7 Å². The summed E-state index contributed by atoms with van der Waals surface area (Å²) in [4.78, 5) is 13.7. The molecule has 1 saturated heterocycles. The number of esters is 1. The van der Waals surface area contributed by atoms with Gasteiger partial charge >= 0.3 is 5.97 Å². The molecule has 0 saturated carbocycles. The van der Waals surface area contributed by atoms with Crippen LogP contribution in [0.1, 0.15) is 5.56 Å². The zero-order valence-corrected chi connectivity index (χ0v) is 9.84. The second kappa shape index (κ2) is 6.37. The lowest BCUT2D eigenvalue weighted by atomic mass is 10.2. The number of carbonyl (C=O) groups excluding carboxylic acids is 1. The van der Waals surface area contributed by atoms with Crippen molar-refractivity contribution in [3.63, 3.8) is 0 Å². The fourth-order valence-electron chi connectivity index (χ4n) is 1.77. The lowest BCUT2D eigenvalue weighted by Crippen LogP contribution is -2.43. The quantitative estimate of drug-likeness (QED) is 0.717. The number of rotatable bonds is 4. The van der Waals surface area contributed by atoms with E-state index < -0.39 is 0 Å². The third kappa shape index (κ3) is 4.17. The van der Waals surface area contributed by atoms with Crippen LogP contribution >= 0.6 is 0 Å². The largest absolute Gasteiger partial charge is 0.460 e. The molecule has 4 heteroatoms. The Morgan fingerprint density at radius 3 is 2.65 bits per heavy atom. The molecule has 0 unspecified atom stereocenters. The van der Waals surface area contributed by atoms with Crippen LogP contribution in [-0.2, 0) is 16.1 Å². The third-order valence-electron chi connectivity index (χ3n) is 2.74. The van der Waals surface area contributed by atoms with Crippen LogP contribution in [0.2, 0.25) is 0 Å². The number of nitrogens with zero attached hydrogens (tertiary/aromatic N) is 2. The van der Waals surface area contributed by atoms with E-state index in [2.05, 4.69) is 10.2 Å². The highest BCUT2D eigenvalue weighted by molar-refractivity contribution is 5.71. The summed E-state index contributed by atoms with van der Waals surface area (Å²) >= 11 is 0. The van der Waals surface area contributed by atoms with E-state index in [0.717, 1.165) is 31.7 Å². The first-order valence-electron chi connectivity index (χ1n) is 5.90. The Morgan fingerprint density at radius 1 is 1.24 bits per heavy atom. The Hall–Kier alpha value is -1.39. The van der Waals surface area contributed by atoms with E-state index in [9.17, 15) is 4.79 Å². The summed E-state index contributed by atoms with van der Waals surface area (Å²) in [7, 11) is 0. The van der Waals surface area contributed by atoms with Crippen molar-refractivity contribution >= 4 is 5.97 Å². The van der Waals surface area contributed by atoms with Crippen molar-refractivity contribution < 1.29 is 9.53 Å². The van der Waals surface area contributed by atoms with Crippen LogP contribution in [0.15, 0.2) is 30.3 Å². The number of benzene rings is 1. The maximum Gasteiger partial charge on any atom is 0.320 e. The predicted molar refractivity (Wildman–Crippen MR) is 64.5 cm³/mol. The van der Waals surface area contributed by atoms with Gasteiger partial charge < -0.3 is 4.74 Å². The molecule has 0 aliphatic carbocycles. The molecule has 0 bridgehead atoms. The minimum absolute atomic E-state index is 0.157. The molecule has 1 aromatic rings. The molecule has 1 radical (unpaired) electrons. The molecule has 0 N–H and O–H groups in total. The molecule has 0 aromatic heterocycles. The molecular weight excluding hydrogens is 216 g/mol. The first-order valence-corrected chi connectivity index (χ1v) is 5.90. The molecule has 2 rings (SSSR count). The molecular formula is C13H17N2O2. The molecule has 1 aliphatic rings. The monoisotopic (exact) mass is 233 g/mol. The lowest BCUT2D eigenvalue weighted by molar-refractivity contribution is -0.146. The summed E-state index contributed by atoms with van der Waals surface area (Å²) in [5, 5.41) is 4.23. The van der Waals surface area contributed by atoms with Gasteiger partial charge in [0.2, 0.25) is 0 Å². The first kappa shape index (κ1) is 12.1. The Balaban J connectivity index is 1.70. The van der Waals surface area contributed by atoms with Crippen LogP contribution in [0.4, 0.5) is 0 Å². The van der Waals surface area contributed by atoms with Gasteiger partial charge in [-0.3, -0.25) is 9.69 Å². The molecule has 0 spiro atoms. The predicted octanol–water partition coefficient (Wildman–Crippen LogP) is 0.650. The fourth-order valence-corrected chi connectivity index (χ4v) is 1.77. The Morgan fingerprint density at radius 2 is 1.94 bits per heavy atom. The van der Waals surface area contributed by atoms with E-state index in [1.807, 2.05) is 30.3 Å². The van der Waals surface area contributed by atoms with E-state index in [4.69, 9.17) is 4.74 Å². The second-order valence-electron chi connectivity index (χ2n) is 4.09. The zero-order valence-electron chi connectivity index (χ0n) is 9.84. The molecule has 1 heterocycles. The van der Waals surface area contributed by atoms with Gasteiger partial charge in [-0.2, -0.15) is 0 Å². The third-order valence-corrected chi connectivity index (χ3v) is 2.74. The van der Waals surface area contributed by atoms with Gasteiger partial charge in [-0.1, -0.05) is 30.3 Å². The standard InChI is InChI=1S/C13H17N2O2/c16-13(10-15-8-6-14-7-9-15)17-11-12-4-2-1-3-5-12/h1-5H,6-11H2. The summed E-state index contributed by atoms with van der Waals surface area (Å²) in [6.45, 7) is 4.11. The van der Waals surface area contributed by atoms with E-state index in [1.54, 1.807) is 0 Å². The zero-order chi connectivity index (χ0) is 11.9. The van der Waals surface area contributed by atoms with Gasteiger partial charge in [0, 0.05) is 26.2 Å². The van der Waals surface area contributed by atoms with Gasteiger partial charge in [0.15, 0.2) is 0 Å². The Bertz CT molecular complexity index is 348. The molecule has 1 aliphatic heterocycles. The number of ether oxygens (including phenoxy) is 1. The number of hydrogen-bond acceptors (Lipinski definition) is 3. The summed E-state index contributed by atoms with van der Waals surface area (Å²) in [6, 6.07) is 9.73. The summed E-state index contributed by atoms with van der Waals surface area (Å²) in [5.41, 5.74) is 1.02. The van der Waals surface area contributed by atoms with Gasteiger partial charge in [0.05, 0.1) is 6.54 Å². The van der Waals surface area contributed by atoms with Gasteiger partial charge in [0.25, 0.3) is 0 Å². The average Bonchev–Trinajstić information content (AvgIpc) is 2.39. The van der Waals surface area contributed by atoms with E-state index in [-0.39, 0.29) is 5.97 Å². The van der Waals surface area contributed by atoms with Crippen molar-refractivity contribution in [3.8, 4) is 0 Å². The highest BCUT2D eigenvalue weighted by Crippen LogP contribution is 2.01. The van der Waals surface area contributed by atoms with E-state index in [0.29, 0.717) is 13.2 Å². The van der Waals surface area contributed by atoms with Crippen LogP contribution in [0, 0.1) is 0 Å². The second-order valence-corrected chi connectivity index (χ2v) is 4.09. The van der Waals surface area contributed by atoms with Crippen LogP contribution in [0.5, 0.6) is 0 Å². The van der Waals surface area contributed by atoms with Gasteiger partial charge in [-0.15, -0.1) is 0 Å². The molecule has 4 nitrogen and oxygen atoms in total. The minimum Gasteiger partial charge on any atom is -0.460 e. The summed E-state index contributed by atoms with van der Waals surface area (Å²) < 4.78 is 5.22. The van der Waals surface area contributed by atoms with Crippen molar-refractivity contribution in [3.05, 3.63) is 35.9 Å². The normalized spacial score (nSPS) is 16.7. The molecule has 17 heavy (non-hydrogen) atoms. The maximum absolute atomic E-state index is 11.6. The average molecular weight is 233 g/mol. The Kier molecular flexibility index (Phi) is 4.53. The van der Waals surface area contributed by atoms with Crippen molar-refractivity contribution in [2.24, 2.45) is 0 Å². The minimum atomic E-state index is -0.157. The van der Waals surface area contributed by atoms with Crippen molar-refractivity contribution in [2.45, 2.75) is 6.61 Å². The first-order chi connectivity index (χ1) is 8.34. The summed E-state index contributed by atoms with van der Waals surface area (Å²) in [6.07, 6.45) is 0. The molecule has 91 valence electrons. The lowest BCUT2D eigenvalue weighted by Gasteiger charge is -2.24. The topological polar surface area (TPSA) is 43.6 Å². The molecule has 1 fully saturated rings. The van der Waals surface area contributed by atoms with Crippen LogP contribution in [0.25, 0.3) is 0 Å². The SMILES string of the molecule is O=C(CN1CC[N]CC1)OCc1ccccc1. The van der Waals surface area contributed by atoms with Crippen LogP contribution in [-0.4, -0.2) is 43.6 Å². The molecule has 0 atom stereocenters. The van der Waals surface area contributed by atoms with Crippen molar-refractivity contribution in [1.29, 1.82) is 0 Å². The van der Waals surface area contributed by atoms with E-state index in [1.165, 1.54) is 0 Å². The smallest absolute Gasteiger partial charge is 0.320 e.